The number of aromatic nitrogens is 3. The van der Waals surface area contributed by atoms with Crippen LogP contribution in [-0.4, -0.2) is 21.4 Å². The fraction of sp³-hybridized carbons (Fsp3) is 0.433. The normalized spacial score (nSPS) is 25.9. The Morgan fingerprint density at radius 1 is 1.11 bits per heavy atom. The summed E-state index contributed by atoms with van der Waals surface area (Å²) >= 11 is 7.89. The zero-order valence-corrected chi connectivity index (χ0v) is 23.1. The van der Waals surface area contributed by atoms with Gasteiger partial charge in [0.05, 0.1) is 0 Å². The number of allylic oxidation sites excluding steroid dienone is 2. The molecule has 5 nitrogen and oxygen atoms in total. The second-order valence-corrected chi connectivity index (χ2v) is 12.6. The zero-order chi connectivity index (χ0) is 25.6. The maximum Gasteiger partial charge on any atom is 0.247 e. The van der Waals surface area contributed by atoms with Crippen molar-refractivity contribution in [3.63, 3.8) is 0 Å². The van der Waals surface area contributed by atoms with Gasteiger partial charge in [0.15, 0.2) is 11.9 Å². The van der Waals surface area contributed by atoms with Crippen LogP contribution in [0.25, 0.3) is 11.3 Å². The van der Waals surface area contributed by atoms with Crippen LogP contribution in [0.1, 0.15) is 52.0 Å². The van der Waals surface area contributed by atoms with Crippen LogP contribution in [-0.2, 0) is 5.75 Å². The number of hydrogen-bond donors (Lipinski definition) is 1. The van der Waals surface area contributed by atoms with E-state index < -0.39 is 0 Å². The number of anilines is 1. The van der Waals surface area contributed by atoms with E-state index in [2.05, 4.69) is 60.6 Å². The largest absolute Gasteiger partial charge is 0.452 e. The highest BCUT2D eigenvalue weighted by atomic mass is 35.5. The Kier molecular flexibility index (Phi) is 6.66. The minimum Gasteiger partial charge on any atom is -0.452 e. The minimum absolute atomic E-state index is 0.185. The van der Waals surface area contributed by atoms with E-state index in [1.807, 2.05) is 30.3 Å². The van der Waals surface area contributed by atoms with Gasteiger partial charge in [0, 0.05) is 27.9 Å². The van der Waals surface area contributed by atoms with Crippen molar-refractivity contribution in [1.82, 2.24) is 15.2 Å². The van der Waals surface area contributed by atoms with Gasteiger partial charge in [-0.25, -0.2) is 0 Å². The summed E-state index contributed by atoms with van der Waals surface area (Å²) in [6, 6.07) is 16.1. The van der Waals surface area contributed by atoms with Crippen LogP contribution < -0.4 is 10.1 Å². The van der Waals surface area contributed by atoms with Gasteiger partial charge in [-0.1, -0.05) is 92.2 Å². The lowest BCUT2D eigenvalue weighted by Gasteiger charge is -2.48. The summed E-state index contributed by atoms with van der Waals surface area (Å²) in [7, 11) is 0. The molecule has 6 rings (SSSR count). The van der Waals surface area contributed by atoms with Gasteiger partial charge in [-0.15, -0.1) is 10.2 Å². The standard InChI is InChI=1S/C30H33ClN4OS/c1-18-15-19-10-8-14-30(2,3)23(19)16-22(18)27-32-25-13-7-5-11-21(25)26-28(36-27)33-29(35-34-26)37-17-20-9-4-6-12-24(20)31/h4-7,9-13,18,22-23,27,32H,8,14-17H2,1-3H3/t18-,22-,23+,27+/m0/s1. The van der Waals surface area contributed by atoms with Crippen LogP contribution in [0.2, 0.25) is 5.02 Å². The first-order valence-electron chi connectivity index (χ1n) is 13.2. The molecule has 2 heterocycles. The van der Waals surface area contributed by atoms with Gasteiger partial charge in [-0.05, 0) is 60.6 Å². The van der Waals surface area contributed by atoms with Gasteiger partial charge in [0.1, 0.15) is 0 Å². The molecule has 2 aliphatic carbocycles. The van der Waals surface area contributed by atoms with Crippen molar-refractivity contribution in [2.75, 3.05) is 5.32 Å². The molecule has 1 aromatic heterocycles. The monoisotopic (exact) mass is 532 g/mol. The molecule has 37 heavy (non-hydrogen) atoms. The molecule has 0 radical (unpaired) electrons. The van der Waals surface area contributed by atoms with Gasteiger partial charge < -0.3 is 10.1 Å². The number of fused-ring (bicyclic) bond motifs is 4. The lowest BCUT2D eigenvalue weighted by molar-refractivity contribution is 0.0519. The molecular weight excluding hydrogens is 500 g/mol. The summed E-state index contributed by atoms with van der Waals surface area (Å²) in [4.78, 5) is 4.87. The van der Waals surface area contributed by atoms with E-state index in [0.717, 1.165) is 34.7 Å². The molecule has 0 saturated heterocycles. The minimum atomic E-state index is -0.185. The molecule has 7 heteroatoms. The highest BCUT2D eigenvalue weighted by Gasteiger charge is 2.44. The number of ether oxygens (including phenoxy) is 1. The molecule has 4 atom stereocenters. The lowest BCUT2D eigenvalue weighted by Crippen LogP contribution is -2.45. The number of para-hydroxylation sites is 1. The molecule has 1 N–H and O–H groups in total. The second-order valence-electron chi connectivity index (χ2n) is 11.3. The van der Waals surface area contributed by atoms with E-state index in [4.69, 9.17) is 21.3 Å². The number of rotatable bonds is 4. The fourth-order valence-corrected chi connectivity index (χ4v) is 7.34. The lowest BCUT2D eigenvalue weighted by atomic mass is 9.59. The van der Waals surface area contributed by atoms with Gasteiger partial charge >= 0.3 is 0 Å². The van der Waals surface area contributed by atoms with Crippen molar-refractivity contribution in [3.05, 3.63) is 70.8 Å². The first kappa shape index (κ1) is 24.7. The molecule has 0 amide bonds. The highest BCUT2D eigenvalue weighted by Crippen LogP contribution is 2.52. The van der Waals surface area contributed by atoms with Gasteiger partial charge in [-0.2, -0.15) is 4.98 Å². The summed E-state index contributed by atoms with van der Waals surface area (Å²) in [6.45, 7) is 7.24. The van der Waals surface area contributed by atoms with Crippen molar-refractivity contribution in [2.24, 2.45) is 23.2 Å². The first-order valence-corrected chi connectivity index (χ1v) is 14.6. The summed E-state index contributed by atoms with van der Waals surface area (Å²) in [5.74, 6) is 2.68. The first-order chi connectivity index (χ1) is 17.9. The maximum absolute atomic E-state index is 6.73. The average molecular weight is 533 g/mol. The van der Waals surface area contributed by atoms with E-state index in [9.17, 15) is 0 Å². The van der Waals surface area contributed by atoms with Crippen molar-refractivity contribution >= 4 is 29.1 Å². The quantitative estimate of drug-likeness (QED) is 0.271. The molecule has 3 aliphatic rings. The Balaban J connectivity index is 1.31. The smallest absolute Gasteiger partial charge is 0.247 e. The summed E-state index contributed by atoms with van der Waals surface area (Å²) < 4.78 is 6.73. The molecule has 192 valence electrons. The van der Waals surface area contributed by atoms with Crippen molar-refractivity contribution in [2.45, 2.75) is 63.6 Å². The van der Waals surface area contributed by atoms with E-state index in [1.54, 1.807) is 5.57 Å². The molecule has 1 fully saturated rings. The third-order valence-electron chi connectivity index (χ3n) is 8.44. The predicted octanol–water partition coefficient (Wildman–Crippen LogP) is 8.02. The average Bonchev–Trinajstić information content (AvgIpc) is 3.04. The predicted molar refractivity (Wildman–Crippen MR) is 151 cm³/mol. The molecular formula is C30H33ClN4OS. The number of benzene rings is 2. The van der Waals surface area contributed by atoms with Crippen LogP contribution in [0.4, 0.5) is 5.69 Å². The number of thioether (sulfide) groups is 1. The van der Waals surface area contributed by atoms with Crippen LogP contribution in [0.15, 0.2) is 65.3 Å². The van der Waals surface area contributed by atoms with Gasteiger partial charge in [0.25, 0.3) is 0 Å². The molecule has 0 unspecified atom stereocenters. The van der Waals surface area contributed by atoms with Crippen molar-refractivity contribution in [3.8, 4) is 17.1 Å². The topological polar surface area (TPSA) is 59.9 Å². The highest BCUT2D eigenvalue weighted by molar-refractivity contribution is 7.98. The Hall–Kier alpha value is -2.57. The van der Waals surface area contributed by atoms with Crippen molar-refractivity contribution in [1.29, 1.82) is 0 Å². The summed E-state index contributed by atoms with van der Waals surface area (Å²) in [5, 5.41) is 14.1. The van der Waals surface area contributed by atoms with Gasteiger partial charge in [-0.3, -0.25) is 0 Å². The van der Waals surface area contributed by atoms with Crippen LogP contribution >= 0.6 is 23.4 Å². The molecule has 1 aliphatic heterocycles. The molecule has 1 saturated carbocycles. The third kappa shape index (κ3) is 4.86. The Morgan fingerprint density at radius 2 is 1.92 bits per heavy atom. The van der Waals surface area contributed by atoms with Crippen LogP contribution in [0.5, 0.6) is 5.88 Å². The number of nitrogens with zero attached hydrogens (tertiary/aromatic N) is 3. The number of halogens is 1. The van der Waals surface area contributed by atoms with Crippen molar-refractivity contribution < 1.29 is 4.74 Å². The van der Waals surface area contributed by atoms with E-state index in [0.29, 0.717) is 45.7 Å². The number of nitrogens with one attached hydrogen (secondary N) is 1. The number of hydrogen-bond acceptors (Lipinski definition) is 6. The molecule has 3 aromatic rings. The van der Waals surface area contributed by atoms with E-state index in [1.165, 1.54) is 24.6 Å². The van der Waals surface area contributed by atoms with Crippen LogP contribution in [0, 0.1) is 23.2 Å². The van der Waals surface area contributed by atoms with E-state index in [-0.39, 0.29) is 6.23 Å². The molecule has 0 spiro atoms. The Bertz CT molecular complexity index is 1340. The third-order valence-corrected chi connectivity index (χ3v) is 9.70. The molecule has 0 bridgehead atoms. The van der Waals surface area contributed by atoms with E-state index >= 15 is 0 Å². The summed E-state index contributed by atoms with van der Waals surface area (Å²) in [6.07, 6.45) is 7.02. The Morgan fingerprint density at radius 3 is 2.78 bits per heavy atom. The fourth-order valence-electron chi connectivity index (χ4n) is 6.27. The Labute approximate surface area is 228 Å². The molecule has 2 aromatic carbocycles. The summed E-state index contributed by atoms with van der Waals surface area (Å²) in [5.41, 5.74) is 5.70. The van der Waals surface area contributed by atoms with Gasteiger partial charge in [0.2, 0.25) is 11.0 Å². The maximum atomic E-state index is 6.73. The second kappa shape index (κ2) is 9.95. The van der Waals surface area contributed by atoms with Crippen LogP contribution in [0.3, 0.4) is 0 Å². The SMILES string of the molecule is C[C@H]1CC2=CCCC(C)(C)[C@@H]2C[C@@H]1[C@@H]1Nc2ccccc2-c2nnc(SCc3ccccc3Cl)nc2O1. The zero-order valence-electron chi connectivity index (χ0n) is 21.6.